The van der Waals surface area contributed by atoms with Crippen molar-refractivity contribution in [3.8, 4) is 0 Å². The zero-order valence-electron chi connectivity index (χ0n) is 12.1. The van der Waals surface area contributed by atoms with Gasteiger partial charge in [0.25, 0.3) is 5.69 Å². The van der Waals surface area contributed by atoms with Crippen molar-refractivity contribution < 1.29 is 9.31 Å². The molecular formula is C15H18FN3O2. The molecule has 0 aliphatic heterocycles. The first-order chi connectivity index (χ1) is 10.1. The van der Waals surface area contributed by atoms with Crippen LogP contribution in [0, 0.1) is 15.9 Å². The molecule has 0 spiro atoms. The molecule has 0 amide bonds. The van der Waals surface area contributed by atoms with Gasteiger partial charge in [0, 0.05) is 12.6 Å². The van der Waals surface area contributed by atoms with Crippen LogP contribution in [0.25, 0.3) is 10.9 Å². The number of halogens is 1. The molecule has 2 aromatic rings. The summed E-state index contributed by atoms with van der Waals surface area (Å²) in [7, 11) is 0. The van der Waals surface area contributed by atoms with Crippen molar-refractivity contribution in [2.24, 2.45) is 0 Å². The Labute approximate surface area is 122 Å². The molecule has 21 heavy (non-hydrogen) atoms. The molecule has 112 valence electrons. The summed E-state index contributed by atoms with van der Waals surface area (Å²) < 4.78 is 13.9. The molecule has 0 fully saturated rings. The largest absolute Gasteiger partial charge is 0.370 e. The Bertz CT molecular complexity index is 674. The second-order valence-electron chi connectivity index (χ2n) is 4.89. The Morgan fingerprint density at radius 1 is 1.33 bits per heavy atom. The molecule has 1 aromatic heterocycles. The van der Waals surface area contributed by atoms with Gasteiger partial charge in [-0.15, -0.1) is 0 Å². The van der Waals surface area contributed by atoms with E-state index in [4.69, 9.17) is 0 Å². The minimum atomic E-state index is -0.543. The number of nitrogens with zero attached hydrogens (tertiary/aromatic N) is 2. The number of aryl methyl sites for hydroxylation is 1. The number of nitro benzene ring substituents is 1. The normalized spacial score (nSPS) is 10.8. The van der Waals surface area contributed by atoms with Crippen LogP contribution in [-0.4, -0.2) is 16.5 Å². The Kier molecular flexibility index (Phi) is 4.67. The van der Waals surface area contributed by atoms with E-state index in [1.54, 1.807) is 6.07 Å². The summed E-state index contributed by atoms with van der Waals surface area (Å²) in [4.78, 5) is 14.9. The van der Waals surface area contributed by atoms with Crippen LogP contribution >= 0.6 is 0 Å². The lowest BCUT2D eigenvalue weighted by Crippen LogP contribution is -2.06. The molecular weight excluding hydrogens is 273 g/mol. The molecule has 0 aliphatic rings. The standard InChI is InChI=1S/C15H18FN3O2/c1-3-5-10-9-11-13(19(20)21)7-6-12(16)14(11)18-15(10)17-8-4-2/h6-7,9H,3-5,8H2,1-2H3,(H,17,18). The number of aromatic nitrogens is 1. The summed E-state index contributed by atoms with van der Waals surface area (Å²) in [6.07, 6.45) is 2.54. The maximum atomic E-state index is 13.9. The highest BCUT2D eigenvalue weighted by Gasteiger charge is 2.18. The summed E-state index contributed by atoms with van der Waals surface area (Å²) in [5.74, 6) is 0.0730. The van der Waals surface area contributed by atoms with Gasteiger partial charge in [-0.2, -0.15) is 0 Å². The monoisotopic (exact) mass is 291 g/mol. The zero-order chi connectivity index (χ0) is 15.4. The Hall–Kier alpha value is -2.24. The van der Waals surface area contributed by atoms with Gasteiger partial charge in [0.1, 0.15) is 17.2 Å². The highest BCUT2D eigenvalue weighted by molar-refractivity contribution is 5.90. The van der Waals surface area contributed by atoms with Crippen LogP contribution in [0.3, 0.4) is 0 Å². The molecule has 5 nitrogen and oxygen atoms in total. The maximum absolute atomic E-state index is 13.9. The van der Waals surface area contributed by atoms with Crippen molar-refractivity contribution in [1.82, 2.24) is 4.98 Å². The maximum Gasteiger partial charge on any atom is 0.278 e. The van der Waals surface area contributed by atoms with E-state index in [1.807, 2.05) is 13.8 Å². The first-order valence-electron chi connectivity index (χ1n) is 7.08. The van der Waals surface area contributed by atoms with Crippen molar-refractivity contribution >= 4 is 22.4 Å². The fourth-order valence-corrected chi connectivity index (χ4v) is 2.27. The lowest BCUT2D eigenvalue weighted by Gasteiger charge is -2.12. The Morgan fingerprint density at radius 3 is 2.71 bits per heavy atom. The summed E-state index contributed by atoms with van der Waals surface area (Å²) in [5, 5.41) is 14.5. The molecule has 0 saturated carbocycles. The average Bonchev–Trinajstić information content (AvgIpc) is 2.45. The van der Waals surface area contributed by atoms with Crippen LogP contribution in [0.15, 0.2) is 18.2 Å². The van der Waals surface area contributed by atoms with E-state index in [2.05, 4.69) is 10.3 Å². The van der Waals surface area contributed by atoms with E-state index in [9.17, 15) is 14.5 Å². The topological polar surface area (TPSA) is 68.1 Å². The summed E-state index contributed by atoms with van der Waals surface area (Å²) >= 11 is 0. The summed E-state index contributed by atoms with van der Waals surface area (Å²) in [6, 6.07) is 3.97. The van der Waals surface area contributed by atoms with Gasteiger partial charge in [-0.05, 0) is 30.5 Å². The third kappa shape index (κ3) is 3.09. The second kappa shape index (κ2) is 6.47. The predicted molar refractivity (Wildman–Crippen MR) is 81.1 cm³/mol. The first kappa shape index (κ1) is 15.2. The lowest BCUT2D eigenvalue weighted by atomic mass is 10.1. The van der Waals surface area contributed by atoms with Crippen LogP contribution in [0.4, 0.5) is 15.9 Å². The van der Waals surface area contributed by atoms with Crippen molar-refractivity contribution in [2.75, 3.05) is 11.9 Å². The number of pyridine rings is 1. The molecule has 0 atom stereocenters. The predicted octanol–water partition coefficient (Wildman–Crippen LogP) is 4.06. The number of hydrogen-bond acceptors (Lipinski definition) is 4. The van der Waals surface area contributed by atoms with Gasteiger partial charge < -0.3 is 5.32 Å². The molecule has 0 unspecified atom stereocenters. The van der Waals surface area contributed by atoms with Crippen LogP contribution in [0.5, 0.6) is 0 Å². The van der Waals surface area contributed by atoms with E-state index >= 15 is 0 Å². The Morgan fingerprint density at radius 2 is 2.10 bits per heavy atom. The smallest absolute Gasteiger partial charge is 0.278 e. The van der Waals surface area contributed by atoms with Gasteiger partial charge in [-0.25, -0.2) is 9.37 Å². The van der Waals surface area contributed by atoms with Gasteiger partial charge in [0.05, 0.1) is 10.3 Å². The molecule has 1 heterocycles. The molecule has 1 N–H and O–H groups in total. The third-order valence-electron chi connectivity index (χ3n) is 3.25. The Balaban J connectivity index is 2.67. The number of fused-ring (bicyclic) bond motifs is 1. The summed E-state index contributed by atoms with van der Waals surface area (Å²) in [5.41, 5.74) is 0.813. The summed E-state index contributed by atoms with van der Waals surface area (Å²) in [6.45, 7) is 4.78. The molecule has 1 aromatic carbocycles. The number of benzene rings is 1. The average molecular weight is 291 g/mol. The van der Waals surface area contributed by atoms with Crippen LogP contribution in [-0.2, 0) is 6.42 Å². The van der Waals surface area contributed by atoms with Crippen LogP contribution in [0.2, 0.25) is 0 Å². The lowest BCUT2D eigenvalue weighted by molar-refractivity contribution is -0.383. The van der Waals surface area contributed by atoms with Gasteiger partial charge in [0.2, 0.25) is 0 Å². The van der Waals surface area contributed by atoms with E-state index in [-0.39, 0.29) is 16.6 Å². The van der Waals surface area contributed by atoms with Crippen molar-refractivity contribution in [3.05, 3.63) is 39.7 Å². The highest BCUT2D eigenvalue weighted by Crippen LogP contribution is 2.30. The van der Waals surface area contributed by atoms with Gasteiger partial charge in [-0.1, -0.05) is 20.3 Å². The zero-order valence-corrected chi connectivity index (χ0v) is 12.1. The second-order valence-corrected chi connectivity index (χ2v) is 4.89. The van der Waals surface area contributed by atoms with E-state index in [0.717, 1.165) is 37.4 Å². The first-order valence-corrected chi connectivity index (χ1v) is 7.08. The fourth-order valence-electron chi connectivity index (χ4n) is 2.27. The molecule has 0 aliphatic carbocycles. The van der Waals surface area contributed by atoms with E-state index in [0.29, 0.717) is 5.82 Å². The highest BCUT2D eigenvalue weighted by atomic mass is 19.1. The van der Waals surface area contributed by atoms with Crippen LogP contribution in [0.1, 0.15) is 32.3 Å². The van der Waals surface area contributed by atoms with Gasteiger partial charge in [-0.3, -0.25) is 10.1 Å². The molecule has 6 heteroatoms. The van der Waals surface area contributed by atoms with E-state index < -0.39 is 10.7 Å². The SMILES string of the molecule is CCCNc1nc2c(F)ccc([N+](=O)[O-])c2cc1CCC. The quantitative estimate of drug-likeness (QED) is 0.643. The number of hydrogen-bond donors (Lipinski definition) is 1. The number of non-ortho nitro benzene ring substituents is 1. The fraction of sp³-hybridized carbons (Fsp3) is 0.400. The molecule has 2 rings (SSSR count). The molecule has 0 bridgehead atoms. The number of anilines is 1. The van der Waals surface area contributed by atoms with Crippen molar-refractivity contribution in [1.29, 1.82) is 0 Å². The number of nitrogens with one attached hydrogen (secondary N) is 1. The van der Waals surface area contributed by atoms with Gasteiger partial charge in [0.15, 0.2) is 0 Å². The van der Waals surface area contributed by atoms with Crippen molar-refractivity contribution in [2.45, 2.75) is 33.1 Å². The van der Waals surface area contributed by atoms with E-state index in [1.165, 1.54) is 6.07 Å². The number of rotatable bonds is 6. The van der Waals surface area contributed by atoms with Gasteiger partial charge >= 0.3 is 0 Å². The minimum Gasteiger partial charge on any atom is -0.370 e. The van der Waals surface area contributed by atoms with Crippen LogP contribution < -0.4 is 5.32 Å². The third-order valence-corrected chi connectivity index (χ3v) is 3.25. The molecule has 0 radical (unpaired) electrons. The molecule has 0 saturated heterocycles. The van der Waals surface area contributed by atoms with Crippen molar-refractivity contribution in [3.63, 3.8) is 0 Å². The number of nitro groups is 1. The minimum absolute atomic E-state index is 0.0441.